The van der Waals surface area contributed by atoms with Crippen LogP contribution in [-0.4, -0.2) is 62.9 Å². The van der Waals surface area contributed by atoms with Gasteiger partial charge in [-0.2, -0.15) is 4.31 Å². The Labute approximate surface area is 192 Å². The van der Waals surface area contributed by atoms with Crippen molar-refractivity contribution in [1.29, 1.82) is 0 Å². The lowest BCUT2D eigenvalue weighted by molar-refractivity contribution is -0.142. The Morgan fingerprint density at radius 2 is 1.68 bits per heavy atom. The fourth-order valence-electron chi connectivity index (χ4n) is 4.55. The number of carbonyl (C=O) groups is 1. The van der Waals surface area contributed by atoms with Gasteiger partial charge in [-0.15, -0.1) is 11.3 Å². The fourth-order valence-corrected chi connectivity index (χ4v) is 7.62. The van der Waals surface area contributed by atoms with Gasteiger partial charge in [0, 0.05) is 54.2 Å². The molecule has 4 rings (SSSR count). The molecule has 0 N–H and O–H groups in total. The second kappa shape index (κ2) is 8.83. The number of benzene rings is 1. The van der Waals surface area contributed by atoms with Crippen molar-refractivity contribution in [2.75, 3.05) is 39.4 Å². The summed E-state index contributed by atoms with van der Waals surface area (Å²) in [5.41, 5.74) is 0.301. The van der Waals surface area contributed by atoms with Gasteiger partial charge in [0.1, 0.15) is 0 Å². The Bertz CT molecular complexity index is 1050. The molecule has 9 heteroatoms. The van der Waals surface area contributed by atoms with Crippen LogP contribution in [0, 0.1) is 13.8 Å². The summed E-state index contributed by atoms with van der Waals surface area (Å²) < 4.78 is 33.3. The van der Waals surface area contributed by atoms with Crippen molar-refractivity contribution in [3.8, 4) is 0 Å². The van der Waals surface area contributed by atoms with E-state index in [0.717, 1.165) is 15.3 Å². The first-order valence-electron chi connectivity index (χ1n) is 10.4. The molecular weight excluding hydrogens is 456 g/mol. The Hall–Kier alpha value is -1.45. The number of aryl methyl sites for hydroxylation is 2. The molecule has 2 aliphatic rings. The topological polar surface area (TPSA) is 66.9 Å². The average molecular weight is 483 g/mol. The van der Waals surface area contributed by atoms with Crippen LogP contribution in [0.3, 0.4) is 0 Å². The quantitative estimate of drug-likeness (QED) is 0.667. The molecule has 0 radical (unpaired) electrons. The van der Waals surface area contributed by atoms with Gasteiger partial charge in [-0.1, -0.05) is 23.7 Å². The van der Waals surface area contributed by atoms with Crippen LogP contribution in [0.5, 0.6) is 0 Å². The Balaban J connectivity index is 1.52. The van der Waals surface area contributed by atoms with E-state index >= 15 is 0 Å². The van der Waals surface area contributed by atoms with Gasteiger partial charge >= 0.3 is 0 Å². The minimum Gasteiger partial charge on any atom is -0.381 e. The summed E-state index contributed by atoms with van der Waals surface area (Å²) in [5.74, 6) is 0.0535. The number of ether oxygens (including phenoxy) is 1. The summed E-state index contributed by atoms with van der Waals surface area (Å²) in [4.78, 5) is 17.7. The molecule has 2 fully saturated rings. The monoisotopic (exact) mass is 482 g/mol. The van der Waals surface area contributed by atoms with Gasteiger partial charge in [-0.25, -0.2) is 8.42 Å². The highest BCUT2D eigenvalue weighted by Gasteiger charge is 2.45. The lowest BCUT2D eigenvalue weighted by Gasteiger charge is -2.42. The third-order valence-electron chi connectivity index (χ3n) is 6.29. The number of amides is 1. The molecule has 1 amide bonds. The predicted molar refractivity (Wildman–Crippen MR) is 122 cm³/mol. The second-order valence-electron chi connectivity index (χ2n) is 8.18. The van der Waals surface area contributed by atoms with Crippen LogP contribution >= 0.6 is 22.9 Å². The van der Waals surface area contributed by atoms with E-state index in [0.29, 0.717) is 62.2 Å². The maximum absolute atomic E-state index is 13.7. The molecule has 0 bridgehead atoms. The normalized spacial score (nSPS) is 20.0. The van der Waals surface area contributed by atoms with Crippen molar-refractivity contribution in [1.82, 2.24) is 9.21 Å². The van der Waals surface area contributed by atoms with Gasteiger partial charge in [0.15, 0.2) is 0 Å². The van der Waals surface area contributed by atoms with Crippen LogP contribution in [0.2, 0.25) is 5.02 Å². The first-order valence-corrected chi connectivity index (χ1v) is 13.1. The number of nitrogens with zero attached hydrogens (tertiary/aromatic N) is 2. The number of carbonyl (C=O) groups excluding carboxylic acids is 1. The minimum atomic E-state index is -3.55. The molecule has 2 saturated heterocycles. The number of piperazine rings is 1. The second-order valence-corrected chi connectivity index (χ2v) is 12.0. The van der Waals surface area contributed by atoms with E-state index in [1.807, 2.05) is 43.0 Å². The highest BCUT2D eigenvalue weighted by Crippen LogP contribution is 2.38. The maximum atomic E-state index is 13.7. The van der Waals surface area contributed by atoms with E-state index in [1.165, 1.54) is 15.6 Å². The standard InChI is InChI=1S/C22H27ClN2O4S2/c1-16-15-20(17(2)30-16)31(27,28)25-11-9-24(10-12-25)21(26)22(7-13-29-14-8-22)18-3-5-19(23)6-4-18/h3-6,15H,7-14H2,1-2H3. The molecule has 31 heavy (non-hydrogen) atoms. The van der Waals surface area contributed by atoms with Crippen LogP contribution < -0.4 is 0 Å². The molecule has 6 nitrogen and oxygen atoms in total. The number of hydrogen-bond acceptors (Lipinski definition) is 5. The lowest BCUT2D eigenvalue weighted by atomic mass is 9.73. The summed E-state index contributed by atoms with van der Waals surface area (Å²) in [6.07, 6.45) is 1.22. The van der Waals surface area contributed by atoms with Crippen molar-refractivity contribution >= 4 is 38.9 Å². The van der Waals surface area contributed by atoms with E-state index in [1.54, 1.807) is 6.07 Å². The van der Waals surface area contributed by atoms with Crippen molar-refractivity contribution < 1.29 is 17.9 Å². The largest absolute Gasteiger partial charge is 0.381 e. The number of hydrogen-bond donors (Lipinski definition) is 0. The average Bonchev–Trinajstić information content (AvgIpc) is 3.13. The predicted octanol–water partition coefficient (Wildman–Crippen LogP) is 3.60. The number of halogens is 1. The SMILES string of the molecule is Cc1cc(S(=O)(=O)N2CCN(C(=O)C3(c4ccc(Cl)cc4)CCOCC3)CC2)c(C)s1. The number of sulfonamides is 1. The van der Waals surface area contributed by atoms with E-state index in [9.17, 15) is 13.2 Å². The van der Waals surface area contributed by atoms with Gasteiger partial charge in [0.25, 0.3) is 0 Å². The zero-order chi connectivity index (χ0) is 22.2. The molecule has 2 aromatic rings. The van der Waals surface area contributed by atoms with Crippen molar-refractivity contribution in [3.05, 3.63) is 50.7 Å². The number of thiophene rings is 1. The molecule has 168 valence electrons. The van der Waals surface area contributed by atoms with Crippen LogP contribution in [0.15, 0.2) is 35.2 Å². The van der Waals surface area contributed by atoms with Gasteiger partial charge < -0.3 is 9.64 Å². The van der Waals surface area contributed by atoms with E-state index in [4.69, 9.17) is 16.3 Å². The highest BCUT2D eigenvalue weighted by atomic mass is 35.5. The summed E-state index contributed by atoms with van der Waals surface area (Å²) in [7, 11) is -3.55. The third-order valence-corrected chi connectivity index (χ3v) is 9.66. The van der Waals surface area contributed by atoms with Crippen LogP contribution in [0.1, 0.15) is 28.2 Å². The lowest BCUT2D eigenvalue weighted by Crippen LogP contribution is -2.56. The molecule has 0 unspecified atom stereocenters. The molecule has 1 aromatic carbocycles. The van der Waals surface area contributed by atoms with Gasteiger partial charge in [-0.3, -0.25) is 4.79 Å². The zero-order valence-corrected chi connectivity index (χ0v) is 20.2. The first kappa shape index (κ1) is 22.7. The summed E-state index contributed by atoms with van der Waals surface area (Å²) in [6.45, 7) is 6.18. The molecule has 2 aliphatic heterocycles. The Morgan fingerprint density at radius 1 is 1.06 bits per heavy atom. The van der Waals surface area contributed by atoms with E-state index < -0.39 is 15.4 Å². The molecule has 0 saturated carbocycles. The van der Waals surface area contributed by atoms with Crippen LogP contribution in [0.25, 0.3) is 0 Å². The van der Waals surface area contributed by atoms with Crippen molar-refractivity contribution in [3.63, 3.8) is 0 Å². The fraction of sp³-hybridized carbons (Fsp3) is 0.500. The third kappa shape index (κ3) is 4.28. The number of rotatable bonds is 4. The van der Waals surface area contributed by atoms with Crippen molar-refractivity contribution in [2.45, 2.75) is 37.0 Å². The molecule has 3 heterocycles. The van der Waals surface area contributed by atoms with Crippen LogP contribution in [0.4, 0.5) is 0 Å². The molecule has 0 spiro atoms. The zero-order valence-electron chi connectivity index (χ0n) is 17.8. The first-order chi connectivity index (χ1) is 14.7. The Kier molecular flexibility index (Phi) is 6.47. The van der Waals surface area contributed by atoms with E-state index in [2.05, 4.69) is 0 Å². The highest BCUT2D eigenvalue weighted by molar-refractivity contribution is 7.89. The van der Waals surface area contributed by atoms with Gasteiger partial charge in [0.05, 0.1) is 10.3 Å². The summed E-state index contributed by atoms with van der Waals surface area (Å²) in [6, 6.07) is 9.22. The van der Waals surface area contributed by atoms with Crippen molar-refractivity contribution in [2.24, 2.45) is 0 Å². The minimum absolute atomic E-state index is 0.0535. The van der Waals surface area contributed by atoms with Gasteiger partial charge in [-0.05, 0) is 50.5 Å². The summed E-state index contributed by atoms with van der Waals surface area (Å²) in [5, 5.41) is 0.635. The molecule has 1 aromatic heterocycles. The smallest absolute Gasteiger partial charge is 0.244 e. The van der Waals surface area contributed by atoms with Gasteiger partial charge in [0.2, 0.25) is 15.9 Å². The van der Waals surface area contributed by atoms with E-state index in [-0.39, 0.29) is 5.91 Å². The molecule has 0 aliphatic carbocycles. The molecular formula is C22H27ClN2O4S2. The summed E-state index contributed by atoms with van der Waals surface area (Å²) >= 11 is 7.56. The van der Waals surface area contributed by atoms with Crippen LogP contribution in [-0.2, 0) is 25.0 Å². The molecule has 0 atom stereocenters. The Morgan fingerprint density at radius 3 is 2.23 bits per heavy atom. The maximum Gasteiger partial charge on any atom is 0.244 e.